The Kier molecular flexibility index (Phi) is 6.25. The number of ether oxygens (including phenoxy) is 1. The number of nitrogens with zero attached hydrogens (tertiary/aromatic N) is 2. The van der Waals surface area contributed by atoms with E-state index in [4.69, 9.17) is 4.74 Å². The van der Waals surface area contributed by atoms with Crippen LogP contribution in [-0.4, -0.2) is 46.9 Å². The first-order valence-electron chi connectivity index (χ1n) is 11.2. The molecule has 0 unspecified atom stereocenters. The fraction of sp³-hybridized carbons (Fsp3) is 0.480. The van der Waals surface area contributed by atoms with Gasteiger partial charge in [-0.25, -0.2) is 0 Å². The van der Waals surface area contributed by atoms with Crippen LogP contribution in [0.25, 0.3) is 0 Å². The molecule has 4 rings (SSSR count). The number of rotatable bonds is 5. The van der Waals surface area contributed by atoms with Gasteiger partial charge in [-0.1, -0.05) is 32.0 Å². The quantitative estimate of drug-likeness (QED) is 0.797. The second-order valence-electron chi connectivity index (χ2n) is 9.16. The molecule has 164 valence electrons. The first kappa shape index (κ1) is 21.3. The van der Waals surface area contributed by atoms with Gasteiger partial charge >= 0.3 is 0 Å². The van der Waals surface area contributed by atoms with Crippen LogP contribution in [0.2, 0.25) is 0 Å². The zero-order valence-corrected chi connectivity index (χ0v) is 18.3. The van der Waals surface area contributed by atoms with E-state index in [0.717, 1.165) is 30.6 Å². The molecule has 1 N–H and O–H groups in total. The summed E-state index contributed by atoms with van der Waals surface area (Å²) in [6.45, 7) is 6.17. The predicted octanol–water partition coefficient (Wildman–Crippen LogP) is 3.79. The van der Waals surface area contributed by atoms with Crippen molar-refractivity contribution in [3.63, 3.8) is 0 Å². The Hall–Kier alpha value is -2.89. The highest BCUT2D eigenvalue weighted by molar-refractivity contribution is 5.93. The van der Waals surface area contributed by atoms with Crippen LogP contribution in [0.4, 0.5) is 0 Å². The third-order valence-corrected chi connectivity index (χ3v) is 6.31. The highest BCUT2D eigenvalue weighted by Crippen LogP contribution is 2.46. The summed E-state index contributed by atoms with van der Waals surface area (Å²) in [6.07, 6.45) is 6.08. The summed E-state index contributed by atoms with van der Waals surface area (Å²) in [4.78, 5) is 31.3. The third kappa shape index (κ3) is 4.89. The third-order valence-electron chi connectivity index (χ3n) is 6.31. The van der Waals surface area contributed by atoms with Crippen LogP contribution in [0.1, 0.15) is 61.4 Å². The molecule has 1 atom stereocenters. The summed E-state index contributed by atoms with van der Waals surface area (Å²) in [5, 5.41) is 3.05. The average Bonchev–Trinajstić information content (AvgIpc) is 2.78. The fourth-order valence-electron chi connectivity index (χ4n) is 4.64. The van der Waals surface area contributed by atoms with Crippen LogP contribution in [0.15, 0.2) is 48.8 Å². The van der Waals surface area contributed by atoms with Crippen molar-refractivity contribution in [2.75, 3.05) is 19.6 Å². The molecule has 0 bridgehead atoms. The lowest BCUT2D eigenvalue weighted by Gasteiger charge is -2.47. The lowest BCUT2D eigenvalue weighted by atomic mass is 9.76. The normalized spacial score (nSPS) is 19.6. The number of hydrogen-bond donors (Lipinski definition) is 1. The number of para-hydroxylation sites is 1. The topological polar surface area (TPSA) is 71.5 Å². The maximum atomic E-state index is 12.8. The Balaban J connectivity index is 1.46. The highest BCUT2D eigenvalue weighted by Gasteiger charge is 2.44. The first-order chi connectivity index (χ1) is 15.0. The zero-order valence-electron chi connectivity index (χ0n) is 18.3. The first-order valence-corrected chi connectivity index (χ1v) is 11.2. The van der Waals surface area contributed by atoms with E-state index in [2.05, 4.69) is 30.2 Å². The number of pyridine rings is 1. The minimum absolute atomic E-state index is 0.0174. The molecule has 2 amide bonds. The van der Waals surface area contributed by atoms with Gasteiger partial charge in [-0.3, -0.25) is 14.6 Å². The van der Waals surface area contributed by atoms with E-state index < -0.39 is 0 Å². The largest absolute Gasteiger partial charge is 0.487 e. The van der Waals surface area contributed by atoms with E-state index in [0.29, 0.717) is 37.5 Å². The van der Waals surface area contributed by atoms with Crippen LogP contribution in [0, 0.1) is 5.92 Å². The maximum Gasteiger partial charge on any atom is 0.255 e. The van der Waals surface area contributed by atoms with Crippen molar-refractivity contribution in [3.05, 3.63) is 59.9 Å². The number of aromatic nitrogens is 1. The van der Waals surface area contributed by atoms with Crippen molar-refractivity contribution in [1.82, 2.24) is 15.2 Å². The molecule has 0 radical (unpaired) electrons. The molecule has 0 aliphatic carbocycles. The number of hydrogen-bond acceptors (Lipinski definition) is 4. The van der Waals surface area contributed by atoms with Crippen molar-refractivity contribution in [1.29, 1.82) is 0 Å². The number of carbonyl (C=O) groups is 2. The predicted molar refractivity (Wildman–Crippen MR) is 119 cm³/mol. The van der Waals surface area contributed by atoms with E-state index in [1.807, 2.05) is 23.1 Å². The van der Waals surface area contributed by atoms with Gasteiger partial charge in [0.1, 0.15) is 11.4 Å². The Bertz CT molecular complexity index is 921. The molecule has 1 aromatic carbocycles. The molecular formula is C25H31N3O3. The molecule has 0 saturated carbocycles. The molecule has 2 aromatic rings. The molecule has 1 saturated heterocycles. The standard InChI is InChI=1S/C25H31N3O3/c1-18(2)16-27-23(29)14-20-15-25(31-22-8-4-3-7-21(20)22)9-12-28(13-10-25)24(30)19-6-5-11-26-17-19/h3-8,11,17-18,20H,9-10,12-16H2,1-2H3,(H,27,29)/t20-/m1/s1. The van der Waals surface area contributed by atoms with E-state index in [1.54, 1.807) is 24.5 Å². The van der Waals surface area contributed by atoms with E-state index in [1.165, 1.54) is 0 Å². The van der Waals surface area contributed by atoms with Crippen molar-refractivity contribution in [2.24, 2.45) is 5.92 Å². The monoisotopic (exact) mass is 421 g/mol. The summed E-state index contributed by atoms with van der Waals surface area (Å²) >= 11 is 0. The minimum atomic E-state index is -0.330. The summed E-state index contributed by atoms with van der Waals surface area (Å²) < 4.78 is 6.52. The lowest BCUT2D eigenvalue weighted by molar-refractivity contribution is -0.122. The van der Waals surface area contributed by atoms with Gasteiger partial charge in [0.05, 0.1) is 5.56 Å². The van der Waals surface area contributed by atoms with Crippen LogP contribution in [-0.2, 0) is 4.79 Å². The van der Waals surface area contributed by atoms with Crippen LogP contribution >= 0.6 is 0 Å². The summed E-state index contributed by atoms with van der Waals surface area (Å²) in [5.74, 6) is 1.54. The second kappa shape index (κ2) is 9.08. The van der Waals surface area contributed by atoms with Crippen molar-refractivity contribution >= 4 is 11.8 Å². The molecule has 6 heteroatoms. The Morgan fingerprint density at radius 1 is 1.19 bits per heavy atom. The van der Waals surface area contributed by atoms with Crippen molar-refractivity contribution in [2.45, 2.75) is 51.0 Å². The summed E-state index contributed by atoms with van der Waals surface area (Å²) in [5.41, 5.74) is 1.40. The maximum absolute atomic E-state index is 12.8. The highest BCUT2D eigenvalue weighted by atomic mass is 16.5. The molecule has 2 aliphatic heterocycles. The zero-order chi connectivity index (χ0) is 21.8. The number of fused-ring (bicyclic) bond motifs is 1. The number of piperidine rings is 1. The average molecular weight is 422 g/mol. The van der Waals surface area contributed by atoms with Crippen LogP contribution < -0.4 is 10.1 Å². The van der Waals surface area contributed by atoms with Crippen LogP contribution in [0.5, 0.6) is 5.75 Å². The van der Waals surface area contributed by atoms with E-state index >= 15 is 0 Å². The molecule has 6 nitrogen and oxygen atoms in total. The molecule has 1 aromatic heterocycles. The number of likely N-dealkylation sites (tertiary alicyclic amines) is 1. The van der Waals surface area contributed by atoms with Gasteiger partial charge in [0, 0.05) is 57.2 Å². The molecular weight excluding hydrogens is 390 g/mol. The fourth-order valence-corrected chi connectivity index (χ4v) is 4.64. The number of carbonyl (C=O) groups excluding carboxylic acids is 2. The van der Waals surface area contributed by atoms with Gasteiger partial charge in [0.25, 0.3) is 5.91 Å². The van der Waals surface area contributed by atoms with E-state index in [9.17, 15) is 9.59 Å². The molecule has 2 aliphatic rings. The molecule has 1 spiro atoms. The van der Waals surface area contributed by atoms with Gasteiger partial charge in [-0.05, 0) is 36.1 Å². The molecule has 31 heavy (non-hydrogen) atoms. The Morgan fingerprint density at radius 3 is 2.68 bits per heavy atom. The minimum Gasteiger partial charge on any atom is -0.487 e. The molecule has 1 fully saturated rings. The number of benzene rings is 1. The Morgan fingerprint density at radius 2 is 1.97 bits per heavy atom. The van der Waals surface area contributed by atoms with Crippen molar-refractivity contribution < 1.29 is 14.3 Å². The van der Waals surface area contributed by atoms with Crippen LogP contribution in [0.3, 0.4) is 0 Å². The second-order valence-corrected chi connectivity index (χ2v) is 9.16. The lowest BCUT2D eigenvalue weighted by Crippen LogP contribution is -2.52. The number of amides is 2. The SMILES string of the molecule is CC(C)CNC(=O)C[C@@H]1CC2(CCN(C(=O)c3cccnc3)CC2)Oc2ccccc21. The van der Waals surface area contributed by atoms with Crippen molar-refractivity contribution in [3.8, 4) is 5.75 Å². The number of nitrogens with one attached hydrogen (secondary N) is 1. The van der Waals surface area contributed by atoms with Gasteiger partial charge in [-0.15, -0.1) is 0 Å². The summed E-state index contributed by atoms with van der Waals surface area (Å²) in [6, 6.07) is 11.7. The van der Waals surface area contributed by atoms with E-state index in [-0.39, 0.29) is 23.3 Å². The van der Waals surface area contributed by atoms with Gasteiger partial charge in [0.2, 0.25) is 5.91 Å². The van der Waals surface area contributed by atoms with Gasteiger partial charge in [-0.2, -0.15) is 0 Å². The smallest absolute Gasteiger partial charge is 0.255 e. The van der Waals surface area contributed by atoms with Gasteiger partial charge < -0.3 is 15.0 Å². The molecule has 3 heterocycles. The van der Waals surface area contributed by atoms with Gasteiger partial charge in [0.15, 0.2) is 0 Å². The Labute approximate surface area is 184 Å². The summed E-state index contributed by atoms with van der Waals surface area (Å²) in [7, 11) is 0.